The van der Waals surface area contributed by atoms with E-state index in [9.17, 15) is 13.2 Å². The summed E-state index contributed by atoms with van der Waals surface area (Å²) in [7, 11) is 0. The maximum absolute atomic E-state index is 12.3. The van der Waals surface area contributed by atoms with Crippen LogP contribution in [0, 0.1) is 0 Å². The predicted octanol–water partition coefficient (Wildman–Crippen LogP) is 2.39. The fourth-order valence-corrected chi connectivity index (χ4v) is 2.55. The molecule has 0 radical (unpaired) electrons. The molecule has 0 aromatic heterocycles. The summed E-state index contributed by atoms with van der Waals surface area (Å²) in [6, 6.07) is 9.86. The molecule has 0 aliphatic carbocycles. The topological polar surface area (TPSA) is 53.6 Å². The second-order valence-electron chi connectivity index (χ2n) is 5.48. The zero-order valence-electron chi connectivity index (χ0n) is 12.7. The van der Waals surface area contributed by atoms with E-state index < -0.39 is 12.7 Å². The molecule has 130 valence electrons. The number of nitrogens with one attached hydrogen (secondary N) is 1. The third-order valence-corrected chi connectivity index (χ3v) is 3.55. The standard InChI is InChI=1S/C15H21F3N4.HI/c16-15(17,18)11-22-9-7-13(10-22)21-14(19)20-8-6-12-4-2-1-3-5-12;/h1-5,13H,6-11H2,(H3,19,20,21);1H. The molecule has 0 spiro atoms. The van der Waals surface area contributed by atoms with E-state index in [-0.39, 0.29) is 30.0 Å². The molecule has 0 saturated carbocycles. The highest BCUT2D eigenvalue weighted by atomic mass is 127. The van der Waals surface area contributed by atoms with Gasteiger partial charge in [0.15, 0.2) is 5.96 Å². The van der Waals surface area contributed by atoms with Gasteiger partial charge in [0.05, 0.1) is 6.54 Å². The van der Waals surface area contributed by atoms with E-state index in [1.165, 1.54) is 10.5 Å². The van der Waals surface area contributed by atoms with E-state index >= 15 is 0 Å². The Kier molecular flexibility index (Phi) is 8.10. The first kappa shape index (κ1) is 20.0. The van der Waals surface area contributed by atoms with Gasteiger partial charge in [0.2, 0.25) is 0 Å². The third-order valence-electron chi connectivity index (χ3n) is 3.55. The van der Waals surface area contributed by atoms with Crippen LogP contribution >= 0.6 is 24.0 Å². The van der Waals surface area contributed by atoms with E-state index in [1.54, 1.807) is 0 Å². The Morgan fingerprint density at radius 2 is 2.00 bits per heavy atom. The highest BCUT2D eigenvalue weighted by Crippen LogP contribution is 2.19. The monoisotopic (exact) mass is 442 g/mol. The first-order chi connectivity index (χ1) is 10.4. The lowest BCUT2D eigenvalue weighted by atomic mass is 10.2. The number of likely N-dealkylation sites (tertiary alicyclic amines) is 1. The molecule has 0 bridgehead atoms. The van der Waals surface area contributed by atoms with Crippen LogP contribution < -0.4 is 11.1 Å². The Morgan fingerprint density at radius 1 is 1.30 bits per heavy atom. The summed E-state index contributed by atoms with van der Waals surface area (Å²) in [6.45, 7) is 0.459. The molecule has 1 aromatic rings. The summed E-state index contributed by atoms with van der Waals surface area (Å²) >= 11 is 0. The van der Waals surface area contributed by atoms with E-state index in [1.807, 2.05) is 30.3 Å². The van der Waals surface area contributed by atoms with E-state index in [0.29, 0.717) is 32.0 Å². The van der Waals surface area contributed by atoms with Crippen molar-refractivity contribution in [2.75, 3.05) is 26.2 Å². The van der Waals surface area contributed by atoms with Crippen molar-refractivity contribution in [3.63, 3.8) is 0 Å². The van der Waals surface area contributed by atoms with Gasteiger partial charge < -0.3 is 11.1 Å². The zero-order chi connectivity index (χ0) is 16.0. The average molecular weight is 442 g/mol. The molecule has 8 heteroatoms. The smallest absolute Gasteiger partial charge is 0.370 e. The van der Waals surface area contributed by atoms with Crippen LogP contribution in [0.15, 0.2) is 35.3 Å². The molecule has 4 nitrogen and oxygen atoms in total. The van der Waals surface area contributed by atoms with Gasteiger partial charge >= 0.3 is 6.18 Å². The predicted molar refractivity (Wildman–Crippen MR) is 96.1 cm³/mol. The summed E-state index contributed by atoms with van der Waals surface area (Å²) in [5.41, 5.74) is 6.97. The third kappa shape index (κ3) is 7.87. The number of hydrogen-bond acceptors (Lipinski definition) is 2. The fourth-order valence-electron chi connectivity index (χ4n) is 2.55. The number of nitrogens with zero attached hydrogens (tertiary/aromatic N) is 2. The van der Waals surface area contributed by atoms with Gasteiger partial charge in [-0.2, -0.15) is 13.2 Å². The Hall–Kier alpha value is -1.03. The molecular formula is C15H22F3IN4. The first-order valence-electron chi connectivity index (χ1n) is 7.32. The minimum absolute atomic E-state index is 0. The van der Waals surface area contributed by atoms with E-state index in [0.717, 1.165) is 6.42 Å². The molecule has 2 rings (SSSR count). The summed E-state index contributed by atoms with van der Waals surface area (Å²) in [5.74, 6) is 0.301. The summed E-state index contributed by atoms with van der Waals surface area (Å²) in [6.07, 6.45) is -2.72. The average Bonchev–Trinajstić information content (AvgIpc) is 2.84. The van der Waals surface area contributed by atoms with Crippen molar-refractivity contribution in [2.45, 2.75) is 25.1 Å². The lowest BCUT2D eigenvalue weighted by Gasteiger charge is -2.18. The highest BCUT2D eigenvalue weighted by Gasteiger charge is 2.34. The Labute approximate surface area is 151 Å². The summed E-state index contributed by atoms with van der Waals surface area (Å²) in [5, 5.41) is 3.00. The molecule has 1 aliphatic heterocycles. The van der Waals surface area contributed by atoms with Gasteiger partial charge in [-0.3, -0.25) is 9.89 Å². The first-order valence-corrected chi connectivity index (χ1v) is 7.32. The van der Waals surface area contributed by atoms with Crippen molar-refractivity contribution in [1.29, 1.82) is 0 Å². The molecule has 1 fully saturated rings. The number of halogens is 4. The number of hydrogen-bond donors (Lipinski definition) is 2. The summed E-state index contributed by atoms with van der Waals surface area (Å²) < 4.78 is 36.9. The second kappa shape index (κ2) is 9.31. The molecule has 1 atom stereocenters. The number of guanidine groups is 1. The SMILES string of the molecule is I.NC(=NCCc1ccccc1)NC1CCN(CC(F)(F)F)C1. The normalized spacial score (nSPS) is 19.4. The second-order valence-corrected chi connectivity index (χ2v) is 5.48. The molecule has 3 N–H and O–H groups in total. The van der Waals surface area contributed by atoms with Crippen molar-refractivity contribution in [3.8, 4) is 0 Å². The number of rotatable bonds is 5. The van der Waals surface area contributed by atoms with E-state index in [4.69, 9.17) is 5.73 Å². The van der Waals surface area contributed by atoms with Crippen LogP contribution in [0.25, 0.3) is 0 Å². The molecule has 1 saturated heterocycles. The van der Waals surface area contributed by atoms with Gasteiger partial charge in [-0.05, 0) is 18.4 Å². The number of nitrogens with two attached hydrogens (primary N) is 1. The number of alkyl halides is 3. The quantitative estimate of drug-likeness (QED) is 0.419. The minimum Gasteiger partial charge on any atom is -0.370 e. The van der Waals surface area contributed by atoms with Crippen LogP contribution in [0.4, 0.5) is 13.2 Å². The van der Waals surface area contributed by atoms with Gasteiger partial charge in [-0.15, -0.1) is 24.0 Å². The van der Waals surface area contributed by atoms with Crippen LogP contribution in [0.5, 0.6) is 0 Å². The Balaban J connectivity index is 0.00000264. The van der Waals surface area contributed by atoms with Gasteiger partial charge in [0.25, 0.3) is 0 Å². The van der Waals surface area contributed by atoms with Crippen molar-refractivity contribution in [1.82, 2.24) is 10.2 Å². The lowest BCUT2D eigenvalue weighted by Crippen LogP contribution is -2.42. The van der Waals surface area contributed by atoms with Crippen LogP contribution in [-0.2, 0) is 6.42 Å². The molecule has 1 unspecified atom stereocenters. The molecule has 1 aromatic carbocycles. The number of aliphatic imine (C=N–C) groups is 1. The maximum Gasteiger partial charge on any atom is 0.401 e. The van der Waals surface area contributed by atoms with Crippen molar-refractivity contribution >= 4 is 29.9 Å². The zero-order valence-corrected chi connectivity index (χ0v) is 15.1. The van der Waals surface area contributed by atoms with Crippen molar-refractivity contribution in [3.05, 3.63) is 35.9 Å². The minimum atomic E-state index is -4.15. The van der Waals surface area contributed by atoms with Crippen LogP contribution in [0.2, 0.25) is 0 Å². The Bertz CT molecular complexity index is 493. The Morgan fingerprint density at radius 3 is 2.65 bits per heavy atom. The fraction of sp³-hybridized carbons (Fsp3) is 0.533. The van der Waals surface area contributed by atoms with Gasteiger partial charge in [-0.25, -0.2) is 0 Å². The van der Waals surface area contributed by atoms with Crippen LogP contribution in [0.1, 0.15) is 12.0 Å². The summed E-state index contributed by atoms with van der Waals surface area (Å²) in [4.78, 5) is 5.61. The van der Waals surface area contributed by atoms with Gasteiger partial charge in [0, 0.05) is 25.7 Å². The molecule has 23 heavy (non-hydrogen) atoms. The van der Waals surface area contributed by atoms with E-state index in [2.05, 4.69) is 10.3 Å². The van der Waals surface area contributed by atoms with Crippen molar-refractivity contribution in [2.24, 2.45) is 10.7 Å². The molecule has 1 aliphatic rings. The van der Waals surface area contributed by atoms with Gasteiger partial charge in [0.1, 0.15) is 0 Å². The van der Waals surface area contributed by atoms with Crippen LogP contribution in [0.3, 0.4) is 0 Å². The molecule has 0 amide bonds. The molecule has 1 heterocycles. The van der Waals surface area contributed by atoms with Crippen molar-refractivity contribution < 1.29 is 13.2 Å². The molecular weight excluding hydrogens is 420 g/mol. The lowest BCUT2D eigenvalue weighted by molar-refractivity contribution is -0.143. The largest absolute Gasteiger partial charge is 0.401 e. The number of benzene rings is 1. The highest BCUT2D eigenvalue weighted by molar-refractivity contribution is 14.0. The maximum atomic E-state index is 12.3. The van der Waals surface area contributed by atoms with Crippen LogP contribution in [-0.4, -0.2) is 49.3 Å². The van der Waals surface area contributed by atoms with Gasteiger partial charge in [-0.1, -0.05) is 30.3 Å².